The van der Waals surface area contributed by atoms with E-state index in [-0.39, 0.29) is 39.0 Å². The molecule has 0 aromatic heterocycles. The maximum Gasteiger partial charge on any atom is 0.303 e. The second-order valence-corrected chi connectivity index (χ2v) is 8.67. The van der Waals surface area contributed by atoms with E-state index in [0.29, 0.717) is 6.42 Å². The van der Waals surface area contributed by atoms with Crippen LogP contribution in [-0.4, -0.2) is 55.1 Å². The van der Waals surface area contributed by atoms with Crippen LogP contribution >= 0.6 is 0 Å². The normalized spacial score (nSPS) is 23.5. The number of benzene rings is 2. The van der Waals surface area contributed by atoms with Crippen molar-refractivity contribution < 1.29 is 39.4 Å². The zero-order valence-electron chi connectivity index (χ0n) is 22.2. The molecule has 9 nitrogen and oxygen atoms in total. The predicted molar refractivity (Wildman–Crippen MR) is 134 cm³/mol. The Labute approximate surface area is 218 Å². The molecule has 1 saturated heterocycles. The van der Waals surface area contributed by atoms with E-state index >= 15 is 0 Å². The molecule has 3 rings (SSSR count). The van der Waals surface area contributed by atoms with E-state index in [1.165, 1.54) is 13.8 Å². The van der Waals surface area contributed by atoms with Crippen LogP contribution in [0.15, 0.2) is 60.7 Å². The lowest BCUT2D eigenvalue weighted by molar-refractivity contribution is -0.285. The maximum absolute atomic E-state index is 12.8. The topological polar surface area (TPSA) is 109 Å². The molecule has 1 unspecified atom stereocenters. The van der Waals surface area contributed by atoms with Crippen LogP contribution in [0.25, 0.3) is 0 Å². The summed E-state index contributed by atoms with van der Waals surface area (Å²) in [6.07, 6.45) is -3.31. The second kappa shape index (κ2) is 14.5. The molecule has 200 valence electrons. The minimum absolute atomic E-state index is 0.108. The number of carbonyl (C=O) groups excluding carboxylic acids is 3. The third-order valence-corrected chi connectivity index (χ3v) is 5.67. The van der Waals surface area contributed by atoms with Crippen LogP contribution in [0.2, 0.25) is 0 Å². The SMILES string of the molecule is [2H]CCCC(=O)N[C@H]1C(OCc2ccccc2)O[C@H](COC(C)=O)[C@@H](OC(C)=O)[C@@H]1OCc1ccccc1. The van der Waals surface area contributed by atoms with Gasteiger partial charge in [-0.25, -0.2) is 0 Å². The van der Waals surface area contributed by atoms with Gasteiger partial charge in [-0.3, -0.25) is 14.4 Å². The first-order valence-electron chi connectivity index (χ1n) is 12.9. The Morgan fingerprint density at radius 1 is 0.892 bits per heavy atom. The zero-order valence-corrected chi connectivity index (χ0v) is 21.2. The van der Waals surface area contributed by atoms with Crippen molar-refractivity contribution in [2.75, 3.05) is 6.61 Å². The van der Waals surface area contributed by atoms with E-state index in [1.54, 1.807) is 0 Å². The van der Waals surface area contributed by atoms with Gasteiger partial charge in [0.15, 0.2) is 12.4 Å². The first kappa shape index (κ1) is 26.8. The average molecular weight is 515 g/mol. The molecule has 2 aromatic rings. The Balaban J connectivity index is 1.93. The molecule has 0 radical (unpaired) electrons. The summed E-state index contributed by atoms with van der Waals surface area (Å²) in [6, 6.07) is 18.0. The van der Waals surface area contributed by atoms with E-state index in [0.717, 1.165) is 11.1 Å². The number of esters is 2. The van der Waals surface area contributed by atoms with Crippen molar-refractivity contribution in [3.8, 4) is 0 Å². The number of rotatable bonds is 12. The summed E-state index contributed by atoms with van der Waals surface area (Å²) in [6.45, 7) is 2.77. The van der Waals surface area contributed by atoms with Crippen LogP contribution in [0.5, 0.6) is 0 Å². The van der Waals surface area contributed by atoms with Crippen LogP contribution in [0.4, 0.5) is 0 Å². The maximum atomic E-state index is 12.8. The molecule has 1 aliphatic heterocycles. The van der Waals surface area contributed by atoms with E-state index < -0.39 is 42.6 Å². The lowest BCUT2D eigenvalue weighted by Gasteiger charge is -2.45. The van der Waals surface area contributed by atoms with Gasteiger partial charge in [-0.2, -0.15) is 0 Å². The van der Waals surface area contributed by atoms with Crippen LogP contribution in [0.1, 0.15) is 46.1 Å². The highest BCUT2D eigenvalue weighted by atomic mass is 16.7. The van der Waals surface area contributed by atoms with Gasteiger partial charge in [0.2, 0.25) is 5.91 Å². The van der Waals surface area contributed by atoms with E-state index in [2.05, 4.69) is 5.32 Å². The van der Waals surface area contributed by atoms with Crippen LogP contribution in [0, 0.1) is 0 Å². The predicted octanol–water partition coefficient (Wildman–Crippen LogP) is 3.29. The molecule has 1 heterocycles. The van der Waals surface area contributed by atoms with Gasteiger partial charge in [-0.05, 0) is 17.5 Å². The number of amides is 1. The van der Waals surface area contributed by atoms with Crippen molar-refractivity contribution in [2.24, 2.45) is 0 Å². The highest BCUT2D eigenvalue weighted by molar-refractivity contribution is 5.76. The van der Waals surface area contributed by atoms with E-state index in [9.17, 15) is 14.4 Å². The third-order valence-electron chi connectivity index (χ3n) is 5.67. The Kier molecular flexibility index (Phi) is 10.5. The first-order valence-corrected chi connectivity index (χ1v) is 12.2. The van der Waals surface area contributed by atoms with Gasteiger partial charge in [-0.1, -0.05) is 67.6 Å². The van der Waals surface area contributed by atoms with Crippen molar-refractivity contribution in [3.63, 3.8) is 0 Å². The Morgan fingerprint density at radius 2 is 1.51 bits per heavy atom. The molecular formula is C28H35NO8. The molecule has 0 bridgehead atoms. The quantitative estimate of drug-likeness (QED) is 0.430. The Morgan fingerprint density at radius 3 is 2.08 bits per heavy atom. The molecule has 1 aliphatic rings. The van der Waals surface area contributed by atoms with Gasteiger partial charge in [0.05, 0.1) is 13.2 Å². The van der Waals surface area contributed by atoms with Gasteiger partial charge in [0.25, 0.3) is 0 Å². The minimum atomic E-state index is -1.01. The Hall–Kier alpha value is -3.27. The molecule has 5 atom stereocenters. The molecular weight excluding hydrogens is 478 g/mol. The molecule has 2 aromatic carbocycles. The van der Waals surface area contributed by atoms with Crippen molar-refractivity contribution in [1.29, 1.82) is 0 Å². The summed E-state index contributed by atoms with van der Waals surface area (Å²) in [7, 11) is 0. The standard InChI is InChI=1S/C28H35NO8/c1-4-11-24(32)29-25-27(34-16-21-12-7-5-8-13-21)26(36-20(3)31)23(18-33-19(2)30)37-28(25)35-17-22-14-9-6-10-15-22/h5-10,12-15,23,25-28H,4,11,16-18H2,1-3H3,(H,29,32)/t23-,25-,26-,27-,28?/m1/s1/i1D. The van der Waals surface area contributed by atoms with Gasteiger partial charge in [-0.15, -0.1) is 0 Å². The Bertz CT molecular complexity index is 1020. The van der Waals surface area contributed by atoms with Crippen molar-refractivity contribution in [1.82, 2.24) is 5.32 Å². The third kappa shape index (κ3) is 8.96. The second-order valence-electron chi connectivity index (χ2n) is 8.67. The smallest absolute Gasteiger partial charge is 0.303 e. The molecule has 9 heteroatoms. The van der Waals surface area contributed by atoms with Crippen molar-refractivity contribution >= 4 is 17.8 Å². The largest absolute Gasteiger partial charge is 0.463 e. The van der Waals surface area contributed by atoms with Crippen LogP contribution in [0.3, 0.4) is 0 Å². The van der Waals surface area contributed by atoms with Gasteiger partial charge in [0, 0.05) is 21.6 Å². The summed E-state index contributed by atoms with van der Waals surface area (Å²) >= 11 is 0. The summed E-state index contributed by atoms with van der Waals surface area (Å²) in [5.74, 6) is -1.42. The summed E-state index contributed by atoms with van der Waals surface area (Å²) < 4.78 is 36.8. The van der Waals surface area contributed by atoms with E-state index in [1.807, 2.05) is 60.7 Å². The fourth-order valence-corrected chi connectivity index (χ4v) is 4.00. The zero-order chi connectivity index (χ0) is 27.3. The molecule has 1 fully saturated rings. The van der Waals surface area contributed by atoms with E-state index in [4.69, 9.17) is 25.1 Å². The number of nitrogens with one attached hydrogen (secondary N) is 1. The molecule has 37 heavy (non-hydrogen) atoms. The fraction of sp³-hybridized carbons (Fsp3) is 0.464. The lowest BCUT2D eigenvalue weighted by Crippen LogP contribution is -2.66. The van der Waals surface area contributed by atoms with Crippen molar-refractivity contribution in [3.05, 3.63) is 71.8 Å². The van der Waals surface area contributed by atoms with Gasteiger partial charge in [0.1, 0.15) is 24.9 Å². The number of hydrogen-bond acceptors (Lipinski definition) is 8. The van der Waals surface area contributed by atoms with Crippen LogP contribution < -0.4 is 5.32 Å². The molecule has 1 amide bonds. The molecule has 1 N–H and O–H groups in total. The van der Waals surface area contributed by atoms with Crippen molar-refractivity contribution in [2.45, 2.75) is 77.4 Å². The molecule has 0 spiro atoms. The number of carbonyl (C=O) groups is 3. The van der Waals surface area contributed by atoms with Gasteiger partial charge < -0.3 is 29.0 Å². The highest BCUT2D eigenvalue weighted by Crippen LogP contribution is 2.29. The lowest BCUT2D eigenvalue weighted by atomic mass is 9.95. The van der Waals surface area contributed by atoms with Gasteiger partial charge >= 0.3 is 11.9 Å². The highest BCUT2D eigenvalue weighted by Gasteiger charge is 2.50. The number of ether oxygens (including phenoxy) is 5. The summed E-state index contributed by atoms with van der Waals surface area (Å²) in [5, 5.41) is 2.92. The fourth-order valence-electron chi connectivity index (χ4n) is 4.00. The van der Waals surface area contributed by atoms with Crippen LogP contribution in [-0.2, 0) is 51.3 Å². The number of hydrogen-bond donors (Lipinski definition) is 1. The molecule has 0 aliphatic carbocycles. The minimum Gasteiger partial charge on any atom is -0.463 e. The first-order chi connectivity index (χ1) is 18.4. The monoisotopic (exact) mass is 514 g/mol. The average Bonchev–Trinajstić information content (AvgIpc) is 2.91. The molecule has 0 saturated carbocycles. The summed E-state index contributed by atoms with van der Waals surface area (Å²) in [4.78, 5) is 36.5. The summed E-state index contributed by atoms with van der Waals surface area (Å²) in [5.41, 5.74) is 1.76.